The van der Waals surface area contributed by atoms with Gasteiger partial charge in [0.05, 0.1) is 34.3 Å². The van der Waals surface area contributed by atoms with Crippen LogP contribution in [0, 0.1) is 0 Å². The van der Waals surface area contributed by atoms with Crippen LogP contribution in [0.25, 0.3) is 11.1 Å². The van der Waals surface area contributed by atoms with Crippen LogP contribution in [0.1, 0.15) is 11.1 Å². The largest absolute Gasteiger partial charge is 0.333 e. The molecular weight excluding hydrogens is 433 g/mol. The number of rotatable bonds is 4. The molecule has 1 fully saturated rings. The van der Waals surface area contributed by atoms with E-state index in [2.05, 4.69) is 162 Å². The summed E-state index contributed by atoms with van der Waals surface area (Å²) >= 11 is 0. The summed E-state index contributed by atoms with van der Waals surface area (Å²) in [5.74, 6) is 0.958. The van der Waals surface area contributed by atoms with Gasteiger partial charge in [0.25, 0.3) is 0 Å². The molecule has 36 heavy (non-hydrogen) atoms. The Morgan fingerprint density at radius 1 is 0.444 bits per heavy atom. The number of fused-ring (bicyclic) bond motifs is 1. The molecule has 6 rings (SSSR count). The van der Waals surface area contributed by atoms with E-state index in [4.69, 9.17) is 0 Å². The molecule has 2 unspecified atom stereocenters. The van der Waals surface area contributed by atoms with Crippen LogP contribution in [-0.2, 0) is 0 Å². The normalized spacial score (nSPS) is 19.7. The lowest BCUT2D eigenvalue weighted by atomic mass is 9.28. The standard InChI is InChI=1S/C30H24B.C4H12N/c1-5-13-23(14-6-1)27-21-22-28(24-15-7-2-8-16-24)30-29(27)31(30,25-17-9-3-10-18-25)26-19-11-4-12-20-26;1-5(2,3)4/h1-22,29-30H;1-4H3/q-1;+1. The van der Waals surface area contributed by atoms with E-state index in [-0.39, 0.29) is 0 Å². The maximum atomic E-state index is 2.38. The average molecular weight is 469 g/mol. The van der Waals surface area contributed by atoms with Crippen LogP contribution < -0.4 is 10.9 Å². The van der Waals surface area contributed by atoms with Crippen molar-refractivity contribution in [2.24, 2.45) is 0 Å². The Balaban J connectivity index is 0.000000489. The molecule has 1 nitrogen and oxygen atoms in total. The van der Waals surface area contributed by atoms with Crippen molar-refractivity contribution in [2.45, 2.75) is 11.6 Å². The van der Waals surface area contributed by atoms with Crippen molar-refractivity contribution in [2.75, 3.05) is 28.2 Å². The SMILES string of the molecule is C1=C(c2ccccc2)C2C(C(c3ccccc3)=C1)[B-]2(c1ccccc1)c1ccccc1.C[N+](C)(C)C. The topological polar surface area (TPSA) is 0 Å². The van der Waals surface area contributed by atoms with Crippen LogP contribution in [0.15, 0.2) is 133 Å². The highest BCUT2D eigenvalue weighted by Gasteiger charge is 2.61. The van der Waals surface area contributed by atoms with E-state index in [1.807, 2.05) is 0 Å². The molecule has 0 radical (unpaired) electrons. The van der Waals surface area contributed by atoms with Gasteiger partial charge in [0, 0.05) is 0 Å². The molecule has 0 saturated carbocycles. The molecule has 2 heteroatoms. The van der Waals surface area contributed by atoms with Crippen molar-refractivity contribution in [3.05, 3.63) is 145 Å². The molecule has 0 aromatic heterocycles. The van der Waals surface area contributed by atoms with E-state index in [9.17, 15) is 0 Å². The zero-order valence-corrected chi connectivity index (χ0v) is 21.9. The molecule has 4 aromatic rings. The fourth-order valence-electron chi connectivity index (χ4n) is 6.22. The molecule has 2 atom stereocenters. The number of hydrogen-bond acceptors (Lipinski definition) is 0. The Labute approximate surface area is 216 Å². The molecule has 0 N–H and O–H groups in total. The molecule has 1 aliphatic carbocycles. The fraction of sp³-hybridized carbons (Fsp3) is 0.176. The molecule has 1 saturated heterocycles. The highest BCUT2D eigenvalue weighted by Crippen LogP contribution is 2.71. The van der Waals surface area contributed by atoms with Crippen LogP contribution in [0.5, 0.6) is 0 Å². The van der Waals surface area contributed by atoms with Crippen LogP contribution in [0.4, 0.5) is 0 Å². The summed E-state index contributed by atoms with van der Waals surface area (Å²) < 4.78 is 1.00. The quantitative estimate of drug-likeness (QED) is 0.236. The third-order valence-corrected chi connectivity index (χ3v) is 7.46. The van der Waals surface area contributed by atoms with Gasteiger partial charge in [0.1, 0.15) is 0 Å². The van der Waals surface area contributed by atoms with Gasteiger partial charge in [0.2, 0.25) is 0 Å². The van der Waals surface area contributed by atoms with Crippen LogP contribution in [-0.4, -0.2) is 38.8 Å². The van der Waals surface area contributed by atoms with E-state index in [1.54, 1.807) is 0 Å². The predicted molar refractivity (Wildman–Crippen MR) is 158 cm³/mol. The van der Waals surface area contributed by atoms with Crippen LogP contribution in [0.3, 0.4) is 0 Å². The maximum Gasteiger partial charge on any atom is 0.0675 e. The zero-order chi connectivity index (χ0) is 25.2. The summed E-state index contributed by atoms with van der Waals surface area (Å²) in [4.78, 5) is 0. The first-order valence-corrected chi connectivity index (χ1v) is 13.0. The number of quaternary nitrogens is 1. The lowest BCUT2D eigenvalue weighted by Gasteiger charge is -2.28. The summed E-state index contributed by atoms with van der Waals surface area (Å²) in [5.41, 5.74) is 8.56. The Kier molecular flexibility index (Phi) is 6.56. The number of benzene rings is 4. The van der Waals surface area contributed by atoms with Crippen molar-refractivity contribution >= 4 is 28.2 Å². The lowest BCUT2D eigenvalue weighted by molar-refractivity contribution is -0.849. The summed E-state index contributed by atoms with van der Waals surface area (Å²) in [5, 5.41) is 0. The zero-order valence-electron chi connectivity index (χ0n) is 21.9. The van der Waals surface area contributed by atoms with Crippen molar-refractivity contribution < 1.29 is 4.48 Å². The first-order valence-electron chi connectivity index (χ1n) is 13.0. The summed E-state index contributed by atoms with van der Waals surface area (Å²) in [7, 11) is 8.50. The van der Waals surface area contributed by atoms with E-state index in [0.717, 1.165) is 4.48 Å². The van der Waals surface area contributed by atoms with Gasteiger partial charge in [0.15, 0.2) is 0 Å². The number of nitrogens with zero attached hydrogens (tertiary/aromatic N) is 1. The van der Waals surface area contributed by atoms with Gasteiger partial charge in [-0.25, -0.2) is 10.9 Å². The first-order chi connectivity index (χ1) is 17.4. The minimum Gasteiger partial charge on any atom is -0.333 e. The van der Waals surface area contributed by atoms with Gasteiger partial charge in [-0.05, 0) is 11.1 Å². The second-order valence-corrected chi connectivity index (χ2v) is 11.5. The van der Waals surface area contributed by atoms with Crippen molar-refractivity contribution in [1.29, 1.82) is 0 Å². The van der Waals surface area contributed by atoms with Crippen LogP contribution >= 0.6 is 0 Å². The van der Waals surface area contributed by atoms with Crippen molar-refractivity contribution in [3.63, 3.8) is 0 Å². The van der Waals surface area contributed by atoms with Gasteiger partial charge in [-0.3, -0.25) is 0 Å². The van der Waals surface area contributed by atoms with Crippen molar-refractivity contribution in [1.82, 2.24) is 0 Å². The Hall–Kier alpha value is -3.62. The third-order valence-electron chi connectivity index (χ3n) is 7.46. The lowest BCUT2D eigenvalue weighted by Crippen LogP contribution is -2.47. The number of allylic oxidation sites excluding steroid dienone is 4. The smallest absolute Gasteiger partial charge is 0.0675 e. The minimum atomic E-state index is -0.943. The van der Waals surface area contributed by atoms with Crippen LogP contribution in [0.2, 0.25) is 11.6 Å². The molecule has 180 valence electrons. The molecule has 4 aromatic carbocycles. The minimum absolute atomic E-state index is 0.479. The van der Waals surface area contributed by atoms with E-state index < -0.39 is 6.15 Å². The Morgan fingerprint density at radius 2 is 0.722 bits per heavy atom. The molecule has 2 aliphatic rings. The second-order valence-electron chi connectivity index (χ2n) is 11.5. The molecule has 1 aliphatic heterocycles. The highest BCUT2D eigenvalue weighted by atomic mass is 15.2. The first kappa shape index (κ1) is 24.1. The number of hydrogen-bond donors (Lipinski definition) is 0. The summed E-state index contributed by atoms with van der Waals surface area (Å²) in [6.07, 6.45) is 3.82. The molecule has 1 heterocycles. The fourth-order valence-corrected chi connectivity index (χ4v) is 6.22. The second kappa shape index (κ2) is 9.80. The van der Waals surface area contributed by atoms with E-state index in [0.29, 0.717) is 11.6 Å². The Morgan fingerprint density at radius 3 is 1.03 bits per heavy atom. The summed E-state index contributed by atoms with van der Waals surface area (Å²) in [6.45, 7) is 0. The molecular formula is C34H36BN. The maximum absolute atomic E-state index is 2.38. The molecule has 0 spiro atoms. The van der Waals surface area contributed by atoms with E-state index in [1.165, 1.54) is 33.2 Å². The summed E-state index contributed by atoms with van der Waals surface area (Å²) in [6, 6.07) is 44.3. The molecule has 0 bridgehead atoms. The monoisotopic (exact) mass is 469 g/mol. The third kappa shape index (κ3) is 4.62. The van der Waals surface area contributed by atoms with Gasteiger partial charge in [-0.1, -0.05) is 145 Å². The average Bonchev–Trinajstić information content (AvgIpc) is 3.61. The predicted octanol–water partition coefficient (Wildman–Crippen LogP) is 6.51. The Bertz CT molecular complexity index is 1240. The van der Waals surface area contributed by atoms with E-state index >= 15 is 0 Å². The van der Waals surface area contributed by atoms with Gasteiger partial charge in [-0.15, -0.1) is 0 Å². The highest BCUT2D eigenvalue weighted by molar-refractivity contribution is 7.15. The van der Waals surface area contributed by atoms with Gasteiger partial charge >= 0.3 is 0 Å². The van der Waals surface area contributed by atoms with Crippen molar-refractivity contribution in [3.8, 4) is 0 Å². The van der Waals surface area contributed by atoms with Gasteiger partial charge in [-0.2, -0.15) is 11.6 Å². The molecule has 0 amide bonds. The van der Waals surface area contributed by atoms with Gasteiger partial charge < -0.3 is 4.48 Å².